The number of fused-ring (bicyclic) bond motifs is 1. The number of halogens is 6. The molecule has 2 fully saturated rings. The molecule has 9 nitrogen and oxygen atoms in total. The summed E-state index contributed by atoms with van der Waals surface area (Å²) in [6.45, 7) is -2.31. The van der Waals surface area contributed by atoms with Gasteiger partial charge in [0.1, 0.15) is 5.69 Å². The van der Waals surface area contributed by atoms with E-state index in [1.807, 2.05) is 0 Å². The number of rotatable bonds is 3. The number of furan rings is 1. The van der Waals surface area contributed by atoms with Crippen LogP contribution in [0.25, 0.3) is 11.1 Å². The van der Waals surface area contributed by atoms with Gasteiger partial charge in [0.05, 0.1) is 24.4 Å². The Kier molecular flexibility index (Phi) is 6.07. The van der Waals surface area contributed by atoms with Gasteiger partial charge in [-0.15, -0.1) is 0 Å². The maximum absolute atomic E-state index is 13.8. The number of aromatic nitrogens is 1. The van der Waals surface area contributed by atoms with E-state index in [4.69, 9.17) is 10.2 Å². The first-order chi connectivity index (χ1) is 16.6. The van der Waals surface area contributed by atoms with Gasteiger partial charge in [-0.25, -0.2) is 9.78 Å². The highest BCUT2D eigenvalue weighted by Crippen LogP contribution is 2.49. The third-order valence-corrected chi connectivity index (χ3v) is 6.22. The molecule has 2 aliphatic rings. The fourth-order valence-corrected chi connectivity index (χ4v) is 4.33. The average Bonchev–Trinajstić information content (AvgIpc) is 3.14. The first-order valence-electron chi connectivity index (χ1n) is 10.8. The zero-order valence-electron chi connectivity index (χ0n) is 18.8. The molecule has 196 valence electrons. The number of nitrogens with two attached hydrogens (primary N) is 1. The Balaban J connectivity index is 1.51. The standard InChI is InChI=1S/C21H21F6N5O4/c1-10-4-5-12-13(14(15(28)33)36-16(12)29-10)30-18(35)31-6-2-3-11(7-31)17(34)32-8-19(22,23)21(26,27)20(24,25)9-32/h4-5,11H,2-3,6-9H2,1H3,(H2,28,33)(H,30,35)/t11-/m1/s1. The zero-order valence-corrected chi connectivity index (χ0v) is 18.8. The first kappa shape index (κ1) is 25.6. The van der Waals surface area contributed by atoms with E-state index >= 15 is 0 Å². The molecule has 0 spiro atoms. The lowest BCUT2D eigenvalue weighted by atomic mass is 9.93. The Labute approximate surface area is 199 Å². The molecule has 2 aliphatic heterocycles. The van der Waals surface area contributed by atoms with Crippen LogP contribution in [0.15, 0.2) is 16.5 Å². The van der Waals surface area contributed by atoms with E-state index in [0.717, 1.165) is 4.90 Å². The van der Waals surface area contributed by atoms with Crippen LogP contribution < -0.4 is 11.1 Å². The smallest absolute Gasteiger partial charge is 0.375 e. The van der Waals surface area contributed by atoms with E-state index in [1.54, 1.807) is 13.0 Å². The van der Waals surface area contributed by atoms with E-state index in [0.29, 0.717) is 5.69 Å². The highest BCUT2D eigenvalue weighted by atomic mass is 19.3. The molecule has 0 aromatic carbocycles. The molecule has 2 aromatic heterocycles. The Bertz CT molecular complexity index is 1210. The van der Waals surface area contributed by atoms with Crippen LogP contribution in [-0.4, -0.2) is 76.6 Å². The van der Waals surface area contributed by atoms with E-state index in [-0.39, 0.29) is 53.4 Å². The molecule has 15 heteroatoms. The molecule has 36 heavy (non-hydrogen) atoms. The summed E-state index contributed by atoms with van der Waals surface area (Å²) in [6, 6.07) is 2.33. The molecular formula is C21H21F6N5O4. The lowest BCUT2D eigenvalue weighted by molar-refractivity contribution is -0.335. The van der Waals surface area contributed by atoms with E-state index in [2.05, 4.69) is 10.3 Å². The normalized spacial score (nSPS) is 22.9. The number of nitrogens with zero attached hydrogens (tertiary/aromatic N) is 3. The molecule has 0 unspecified atom stereocenters. The molecule has 0 radical (unpaired) electrons. The minimum atomic E-state index is -5.60. The molecule has 0 aliphatic carbocycles. The van der Waals surface area contributed by atoms with Gasteiger partial charge in [-0.1, -0.05) is 0 Å². The van der Waals surface area contributed by atoms with Crippen molar-refractivity contribution in [3.63, 3.8) is 0 Å². The van der Waals surface area contributed by atoms with Gasteiger partial charge in [0, 0.05) is 18.8 Å². The Morgan fingerprint density at radius 1 is 1.08 bits per heavy atom. The van der Waals surface area contributed by atoms with Gasteiger partial charge >= 0.3 is 23.8 Å². The molecular weight excluding hydrogens is 500 g/mol. The van der Waals surface area contributed by atoms with Crippen molar-refractivity contribution >= 4 is 34.6 Å². The number of hydrogen-bond acceptors (Lipinski definition) is 5. The second kappa shape index (κ2) is 8.55. The van der Waals surface area contributed by atoms with Crippen LogP contribution >= 0.6 is 0 Å². The summed E-state index contributed by atoms with van der Waals surface area (Å²) >= 11 is 0. The van der Waals surface area contributed by atoms with Gasteiger partial charge in [0.2, 0.25) is 17.4 Å². The van der Waals surface area contributed by atoms with Gasteiger partial charge in [-0.05, 0) is 31.9 Å². The third kappa shape index (κ3) is 4.19. The number of piperidine rings is 2. The minimum Gasteiger partial charge on any atom is -0.430 e. The molecule has 1 atom stereocenters. The lowest BCUT2D eigenvalue weighted by Gasteiger charge is -2.44. The highest BCUT2D eigenvalue weighted by Gasteiger charge is 2.75. The molecule has 4 rings (SSSR count). The predicted molar refractivity (Wildman–Crippen MR) is 112 cm³/mol. The number of likely N-dealkylation sites (tertiary alicyclic amines) is 2. The number of nitrogens with one attached hydrogen (secondary N) is 1. The molecule has 4 amide bonds. The van der Waals surface area contributed by atoms with Crippen LogP contribution in [0.3, 0.4) is 0 Å². The molecule has 4 heterocycles. The molecule has 2 saturated heterocycles. The maximum Gasteiger partial charge on any atom is 0.375 e. The fraction of sp³-hybridized carbons (Fsp3) is 0.524. The van der Waals surface area contributed by atoms with Crippen LogP contribution in [0.5, 0.6) is 0 Å². The quantitative estimate of drug-likeness (QED) is 0.601. The fourth-order valence-electron chi connectivity index (χ4n) is 4.33. The number of carbonyl (C=O) groups excluding carboxylic acids is 3. The third-order valence-electron chi connectivity index (χ3n) is 6.22. The maximum atomic E-state index is 13.8. The minimum absolute atomic E-state index is 0.0201. The van der Waals surface area contributed by atoms with Crippen LogP contribution in [-0.2, 0) is 4.79 Å². The van der Waals surface area contributed by atoms with E-state index in [9.17, 15) is 40.7 Å². The molecule has 3 N–H and O–H groups in total. The van der Waals surface area contributed by atoms with Crippen molar-refractivity contribution in [2.24, 2.45) is 11.7 Å². The number of amides is 4. The number of aryl methyl sites for hydroxylation is 1. The second-order valence-corrected chi connectivity index (χ2v) is 8.87. The highest BCUT2D eigenvalue weighted by molar-refractivity contribution is 6.09. The molecule has 0 saturated carbocycles. The van der Waals surface area contributed by atoms with Crippen LogP contribution in [0.4, 0.5) is 36.8 Å². The van der Waals surface area contributed by atoms with Gasteiger partial charge in [0.25, 0.3) is 5.91 Å². The van der Waals surface area contributed by atoms with Crippen LogP contribution in [0.1, 0.15) is 29.1 Å². The predicted octanol–water partition coefficient (Wildman–Crippen LogP) is 3.23. The number of alkyl halides is 6. The van der Waals surface area contributed by atoms with Crippen molar-refractivity contribution in [3.8, 4) is 0 Å². The van der Waals surface area contributed by atoms with Crippen molar-refractivity contribution < 1.29 is 45.1 Å². The van der Waals surface area contributed by atoms with Crippen molar-refractivity contribution in [2.45, 2.75) is 37.5 Å². The molecule has 0 bridgehead atoms. The Hall–Kier alpha value is -3.52. The Morgan fingerprint density at radius 2 is 1.72 bits per heavy atom. The largest absolute Gasteiger partial charge is 0.430 e. The van der Waals surface area contributed by atoms with Gasteiger partial charge in [0.15, 0.2) is 0 Å². The van der Waals surface area contributed by atoms with Crippen LogP contribution in [0.2, 0.25) is 0 Å². The first-order valence-corrected chi connectivity index (χ1v) is 10.8. The number of urea groups is 1. The summed E-state index contributed by atoms with van der Waals surface area (Å²) in [4.78, 5) is 42.7. The number of anilines is 1. The Morgan fingerprint density at radius 3 is 2.33 bits per heavy atom. The van der Waals surface area contributed by atoms with Gasteiger partial charge in [-0.2, -0.15) is 26.3 Å². The number of carbonyl (C=O) groups is 3. The van der Waals surface area contributed by atoms with Crippen molar-refractivity contribution in [1.29, 1.82) is 0 Å². The van der Waals surface area contributed by atoms with Gasteiger partial charge in [-0.3, -0.25) is 9.59 Å². The topological polar surface area (TPSA) is 122 Å². The van der Waals surface area contributed by atoms with Gasteiger partial charge < -0.3 is 25.3 Å². The van der Waals surface area contributed by atoms with Crippen molar-refractivity contribution in [1.82, 2.24) is 14.8 Å². The second-order valence-electron chi connectivity index (χ2n) is 8.87. The number of pyridine rings is 1. The average molecular weight is 521 g/mol. The van der Waals surface area contributed by atoms with E-state index < -0.39 is 54.6 Å². The summed E-state index contributed by atoms with van der Waals surface area (Å²) < 4.78 is 87.4. The lowest BCUT2D eigenvalue weighted by Crippen LogP contribution is -2.69. The summed E-state index contributed by atoms with van der Waals surface area (Å²) in [5.74, 6) is -19.6. The summed E-state index contributed by atoms with van der Waals surface area (Å²) in [7, 11) is 0. The number of primary amides is 1. The SMILES string of the molecule is Cc1ccc2c(NC(=O)N3CCC[C@@H](C(=O)N4CC(F)(F)C(F)(F)C(F)(F)C4)C3)c(C(N)=O)oc2n1. The van der Waals surface area contributed by atoms with E-state index in [1.165, 1.54) is 6.07 Å². The molecule has 2 aromatic rings. The summed E-state index contributed by atoms with van der Waals surface area (Å²) in [5, 5.41) is 2.74. The van der Waals surface area contributed by atoms with Crippen molar-refractivity contribution in [3.05, 3.63) is 23.6 Å². The summed E-state index contributed by atoms with van der Waals surface area (Å²) in [6.07, 6.45) is 0.271. The monoisotopic (exact) mass is 521 g/mol. The van der Waals surface area contributed by atoms with Crippen molar-refractivity contribution in [2.75, 3.05) is 31.5 Å². The van der Waals surface area contributed by atoms with Crippen LogP contribution in [0, 0.1) is 12.8 Å². The number of hydrogen-bond donors (Lipinski definition) is 2. The zero-order chi connectivity index (χ0) is 26.6. The summed E-state index contributed by atoms with van der Waals surface area (Å²) in [5.41, 5.74) is 5.86.